The van der Waals surface area contributed by atoms with Gasteiger partial charge in [0.1, 0.15) is 0 Å². The molecule has 0 amide bonds. The third-order valence-electron chi connectivity index (χ3n) is 3.45. The first kappa shape index (κ1) is 19.5. The van der Waals surface area contributed by atoms with E-state index in [0.29, 0.717) is 12.8 Å². The first-order valence-electron chi connectivity index (χ1n) is 6.67. The average Bonchev–Trinajstić information content (AvgIpc) is 2.29. The Hall–Kier alpha value is -0.500. The van der Waals surface area contributed by atoms with Crippen LogP contribution in [0.4, 0.5) is 26.3 Å². The largest absolute Gasteiger partial charge is 0.402 e. The van der Waals surface area contributed by atoms with Crippen LogP contribution in [0, 0.1) is 11.8 Å². The Kier molecular flexibility index (Phi) is 7.87. The SMILES string of the molecule is CCCCC(CC)CC(NN)C(C(F)(F)F)C(F)(F)F. The zero-order valence-corrected chi connectivity index (χ0v) is 11.6. The van der Waals surface area contributed by atoms with E-state index in [4.69, 9.17) is 5.84 Å². The summed E-state index contributed by atoms with van der Waals surface area (Å²) >= 11 is 0. The van der Waals surface area contributed by atoms with Gasteiger partial charge in [0.15, 0.2) is 5.92 Å². The standard InChI is InChI=1S/C12H22F6N2/c1-3-5-6-8(4-2)7-9(20-19)10(11(13,14)15)12(16,17)18/h8-10,20H,3-7,19H2,1-2H3. The molecule has 0 radical (unpaired) electrons. The summed E-state index contributed by atoms with van der Waals surface area (Å²) in [5.41, 5.74) is 1.72. The topological polar surface area (TPSA) is 38.0 Å². The normalized spacial score (nSPS) is 16.5. The highest BCUT2D eigenvalue weighted by Gasteiger charge is 2.60. The number of unbranched alkanes of at least 4 members (excludes halogenated alkanes) is 1. The molecule has 3 N–H and O–H groups in total. The number of rotatable bonds is 8. The van der Waals surface area contributed by atoms with Crippen LogP contribution in [0.1, 0.15) is 46.0 Å². The summed E-state index contributed by atoms with van der Waals surface area (Å²) in [6.45, 7) is 3.67. The van der Waals surface area contributed by atoms with Crippen LogP contribution in [0.3, 0.4) is 0 Å². The minimum absolute atomic E-state index is 0.205. The van der Waals surface area contributed by atoms with Gasteiger partial charge in [-0.3, -0.25) is 11.3 Å². The molecule has 122 valence electrons. The maximum absolute atomic E-state index is 12.6. The van der Waals surface area contributed by atoms with Gasteiger partial charge in [-0.05, 0) is 12.3 Å². The van der Waals surface area contributed by atoms with Gasteiger partial charge in [-0.25, -0.2) is 0 Å². The molecule has 2 nitrogen and oxygen atoms in total. The lowest BCUT2D eigenvalue weighted by atomic mass is 9.86. The van der Waals surface area contributed by atoms with Gasteiger partial charge in [-0.15, -0.1) is 0 Å². The van der Waals surface area contributed by atoms with E-state index in [1.165, 1.54) is 0 Å². The maximum Gasteiger partial charge on any atom is 0.402 e. The Morgan fingerprint density at radius 3 is 1.80 bits per heavy atom. The summed E-state index contributed by atoms with van der Waals surface area (Å²) in [5.74, 6) is 1.31. The van der Waals surface area contributed by atoms with Gasteiger partial charge in [0, 0.05) is 6.04 Å². The Balaban J connectivity index is 5.00. The Morgan fingerprint density at radius 1 is 1.00 bits per heavy atom. The van der Waals surface area contributed by atoms with Crippen molar-refractivity contribution < 1.29 is 26.3 Å². The van der Waals surface area contributed by atoms with E-state index >= 15 is 0 Å². The third-order valence-corrected chi connectivity index (χ3v) is 3.45. The number of halogens is 6. The van der Waals surface area contributed by atoms with Gasteiger partial charge >= 0.3 is 12.4 Å². The molecule has 0 saturated carbocycles. The molecule has 0 aromatic heterocycles. The summed E-state index contributed by atoms with van der Waals surface area (Å²) in [6.07, 6.45) is -8.21. The minimum atomic E-state index is -5.36. The van der Waals surface area contributed by atoms with Gasteiger partial charge in [0.25, 0.3) is 0 Å². The zero-order chi connectivity index (χ0) is 16.0. The molecule has 0 aromatic carbocycles. The highest BCUT2D eigenvalue weighted by molar-refractivity contribution is 4.87. The van der Waals surface area contributed by atoms with E-state index in [1.807, 2.05) is 6.92 Å². The summed E-state index contributed by atoms with van der Waals surface area (Å²) in [5, 5.41) is 0. The quantitative estimate of drug-likeness (QED) is 0.401. The average molecular weight is 308 g/mol. The van der Waals surface area contributed by atoms with Gasteiger partial charge in [-0.2, -0.15) is 26.3 Å². The van der Waals surface area contributed by atoms with E-state index in [9.17, 15) is 26.3 Å². The molecule has 2 unspecified atom stereocenters. The first-order valence-corrected chi connectivity index (χ1v) is 6.67. The predicted octanol–water partition coefficient (Wildman–Crippen LogP) is 4.17. The maximum atomic E-state index is 12.6. The van der Waals surface area contributed by atoms with Gasteiger partial charge in [0.05, 0.1) is 0 Å². The van der Waals surface area contributed by atoms with Gasteiger partial charge < -0.3 is 0 Å². The van der Waals surface area contributed by atoms with E-state index in [1.54, 1.807) is 12.3 Å². The van der Waals surface area contributed by atoms with E-state index in [2.05, 4.69) is 0 Å². The lowest BCUT2D eigenvalue weighted by Gasteiger charge is -2.32. The van der Waals surface area contributed by atoms with Crippen molar-refractivity contribution in [2.24, 2.45) is 17.7 Å². The molecule has 20 heavy (non-hydrogen) atoms. The van der Waals surface area contributed by atoms with E-state index < -0.39 is 24.3 Å². The molecule has 0 aliphatic heterocycles. The van der Waals surface area contributed by atoms with Gasteiger partial charge in [-0.1, -0.05) is 39.5 Å². The summed E-state index contributed by atoms with van der Waals surface area (Å²) < 4.78 is 75.9. The summed E-state index contributed by atoms with van der Waals surface area (Å²) in [6, 6.07) is -1.85. The van der Waals surface area contributed by atoms with E-state index in [0.717, 1.165) is 12.8 Å². The van der Waals surface area contributed by atoms with Crippen LogP contribution in [-0.2, 0) is 0 Å². The Labute approximate surface area is 115 Å². The first-order chi connectivity index (χ1) is 9.07. The number of hydrazine groups is 1. The van der Waals surface area contributed by atoms with Crippen molar-refractivity contribution in [3.8, 4) is 0 Å². The molecule has 0 aliphatic carbocycles. The fourth-order valence-electron chi connectivity index (χ4n) is 2.28. The van der Waals surface area contributed by atoms with Crippen LogP contribution >= 0.6 is 0 Å². The van der Waals surface area contributed by atoms with Crippen LogP contribution in [0.2, 0.25) is 0 Å². The Bertz CT molecular complexity index is 250. The molecule has 0 aromatic rings. The number of hydrogen-bond donors (Lipinski definition) is 2. The fourth-order valence-corrected chi connectivity index (χ4v) is 2.28. The summed E-state index contributed by atoms with van der Waals surface area (Å²) in [7, 11) is 0. The molecular weight excluding hydrogens is 286 g/mol. The van der Waals surface area contributed by atoms with Crippen LogP contribution in [-0.4, -0.2) is 18.4 Å². The number of nitrogens with two attached hydrogens (primary N) is 1. The van der Waals surface area contributed by atoms with Crippen molar-refractivity contribution >= 4 is 0 Å². The molecule has 0 saturated heterocycles. The molecule has 8 heteroatoms. The lowest BCUT2D eigenvalue weighted by molar-refractivity contribution is -0.292. The Morgan fingerprint density at radius 2 is 1.50 bits per heavy atom. The third kappa shape index (κ3) is 6.30. The minimum Gasteiger partial charge on any atom is -0.271 e. The lowest BCUT2D eigenvalue weighted by Crippen LogP contribution is -2.53. The monoisotopic (exact) mass is 308 g/mol. The molecule has 0 heterocycles. The number of alkyl halides is 6. The van der Waals surface area contributed by atoms with Crippen molar-refractivity contribution in [2.45, 2.75) is 64.3 Å². The van der Waals surface area contributed by atoms with Gasteiger partial charge in [0.2, 0.25) is 0 Å². The highest BCUT2D eigenvalue weighted by Crippen LogP contribution is 2.43. The zero-order valence-electron chi connectivity index (χ0n) is 11.6. The molecule has 2 atom stereocenters. The molecule has 0 spiro atoms. The second-order valence-corrected chi connectivity index (χ2v) is 4.99. The number of nitrogens with one attached hydrogen (secondary N) is 1. The van der Waals surface area contributed by atoms with Crippen LogP contribution in [0.15, 0.2) is 0 Å². The van der Waals surface area contributed by atoms with Crippen molar-refractivity contribution in [3.63, 3.8) is 0 Å². The molecule has 0 rings (SSSR count). The van der Waals surface area contributed by atoms with Crippen LogP contribution in [0.5, 0.6) is 0 Å². The van der Waals surface area contributed by atoms with Crippen molar-refractivity contribution in [1.82, 2.24) is 5.43 Å². The van der Waals surface area contributed by atoms with Crippen molar-refractivity contribution in [2.75, 3.05) is 0 Å². The van der Waals surface area contributed by atoms with Crippen LogP contribution < -0.4 is 11.3 Å². The summed E-state index contributed by atoms with van der Waals surface area (Å²) in [4.78, 5) is 0. The highest BCUT2D eigenvalue weighted by atomic mass is 19.4. The smallest absolute Gasteiger partial charge is 0.271 e. The predicted molar refractivity (Wildman–Crippen MR) is 64.6 cm³/mol. The molecule has 0 bridgehead atoms. The molecule has 0 fully saturated rings. The van der Waals surface area contributed by atoms with Crippen molar-refractivity contribution in [3.05, 3.63) is 0 Å². The number of hydrogen-bond acceptors (Lipinski definition) is 2. The van der Waals surface area contributed by atoms with E-state index in [-0.39, 0.29) is 12.3 Å². The molecular formula is C12H22F6N2. The van der Waals surface area contributed by atoms with Crippen molar-refractivity contribution in [1.29, 1.82) is 0 Å². The second kappa shape index (κ2) is 8.07. The fraction of sp³-hybridized carbons (Fsp3) is 1.00. The molecule has 0 aliphatic rings. The van der Waals surface area contributed by atoms with Crippen LogP contribution in [0.25, 0.3) is 0 Å². The second-order valence-electron chi connectivity index (χ2n) is 4.99.